The fourth-order valence-corrected chi connectivity index (χ4v) is 2.27. The Morgan fingerprint density at radius 1 is 1.11 bits per heavy atom. The molecular weight excluding hydrogens is 334 g/mol. The predicted molar refractivity (Wildman–Crippen MR) is 118 cm³/mol. The van der Waals surface area contributed by atoms with Crippen LogP contribution in [0, 0.1) is 26.2 Å². The van der Waals surface area contributed by atoms with Gasteiger partial charge in [0.1, 0.15) is 0 Å². The number of benzene rings is 1. The van der Waals surface area contributed by atoms with Gasteiger partial charge in [-0.15, -0.1) is 13.2 Å². The Bertz CT molecular complexity index is 628. The summed E-state index contributed by atoms with van der Waals surface area (Å²) in [5.41, 5.74) is 3.90. The summed E-state index contributed by atoms with van der Waals surface area (Å²) in [6.45, 7) is 23.9. The molecule has 1 aromatic rings. The summed E-state index contributed by atoms with van der Waals surface area (Å²) in [4.78, 5) is 14.0. The van der Waals surface area contributed by atoms with Gasteiger partial charge in [0, 0.05) is 24.1 Å². The molecule has 1 rings (SSSR count). The molecule has 0 aliphatic carbocycles. The van der Waals surface area contributed by atoms with E-state index in [-0.39, 0.29) is 11.3 Å². The van der Waals surface area contributed by atoms with Crippen LogP contribution < -0.4 is 4.90 Å². The number of hydrogen-bond acceptors (Lipinski definition) is 2. The standard InChI is InChI=1S/C16H23NO.C8H16O/c1-6-8-16(18)17(9-7-2)15-10-12(3)14(5)13(4)11-15;1-6-7(2,3)8(4,5)9/h6,10-11H,1,7-9H2,2-5H3;6,9H,1H2,2-5H3. The molecule has 0 saturated heterocycles. The van der Waals surface area contributed by atoms with Gasteiger partial charge in [-0.2, -0.15) is 0 Å². The molecular formula is C24H39NO2. The topological polar surface area (TPSA) is 40.5 Å². The SMILES string of the molecule is C=CC(C)(C)C(C)(C)O.C=CCC(=O)N(CCC)c1cc(C)c(C)c(C)c1. The monoisotopic (exact) mass is 373 g/mol. The van der Waals surface area contributed by atoms with E-state index in [0.29, 0.717) is 6.42 Å². The van der Waals surface area contributed by atoms with Crippen molar-refractivity contribution in [2.75, 3.05) is 11.4 Å². The first-order chi connectivity index (χ1) is 12.3. The van der Waals surface area contributed by atoms with Crippen LogP contribution in [-0.2, 0) is 4.79 Å². The molecule has 1 aromatic carbocycles. The highest BCUT2D eigenvalue weighted by Crippen LogP contribution is 2.30. The number of carbonyl (C=O) groups is 1. The molecule has 0 bridgehead atoms. The highest BCUT2D eigenvalue weighted by Gasteiger charge is 2.31. The fourth-order valence-electron chi connectivity index (χ4n) is 2.27. The van der Waals surface area contributed by atoms with Crippen LogP contribution in [0.3, 0.4) is 0 Å². The molecule has 0 heterocycles. The van der Waals surface area contributed by atoms with E-state index in [2.05, 4.69) is 53.0 Å². The van der Waals surface area contributed by atoms with Crippen molar-refractivity contribution in [3.63, 3.8) is 0 Å². The van der Waals surface area contributed by atoms with Gasteiger partial charge in [0.25, 0.3) is 0 Å². The number of anilines is 1. The number of carbonyl (C=O) groups excluding carboxylic acids is 1. The van der Waals surface area contributed by atoms with Crippen LogP contribution in [0.2, 0.25) is 0 Å². The van der Waals surface area contributed by atoms with Gasteiger partial charge in [-0.05, 0) is 69.9 Å². The molecule has 3 nitrogen and oxygen atoms in total. The minimum atomic E-state index is -0.672. The van der Waals surface area contributed by atoms with Gasteiger partial charge in [-0.25, -0.2) is 0 Å². The van der Waals surface area contributed by atoms with Crippen molar-refractivity contribution in [3.05, 3.63) is 54.1 Å². The average Bonchev–Trinajstić information content (AvgIpc) is 2.56. The molecule has 0 atom stereocenters. The van der Waals surface area contributed by atoms with E-state index in [1.165, 1.54) is 16.7 Å². The van der Waals surface area contributed by atoms with Gasteiger partial charge in [0.2, 0.25) is 5.91 Å². The van der Waals surface area contributed by atoms with Crippen molar-refractivity contribution in [1.82, 2.24) is 0 Å². The molecule has 1 amide bonds. The lowest BCUT2D eigenvalue weighted by Crippen LogP contribution is -2.36. The maximum atomic E-state index is 12.1. The summed E-state index contributed by atoms with van der Waals surface area (Å²) in [5, 5.41) is 9.47. The van der Waals surface area contributed by atoms with Crippen LogP contribution in [0.1, 0.15) is 64.2 Å². The molecule has 0 aliphatic heterocycles. The van der Waals surface area contributed by atoms with Crippen molar-refractivity contribution < 1.29 is 9.90 Å². The number of aryl methyl sites for hydroxylation is 2. The molecule has 0 spiro atoms. The van der Waals surface area contributed by atoms with Gasteiger partial charge >= 0.3 is 0 Å². The molecule has 1 N–H and O–H groups in total. The second kappa shape index (κ2) is 10.5. The van der Waals surface area contributed by atoms with Crippen molar-refractivity contribution in [3.8, 4) is 0 Å². The van der Waals surface area contributed by atoms with Crippen LogP contribution in [0.25, 0.3) is 0 Å². The molecule has 0 radical (unpaired) electrons. The smallest absolute Gasteiger partial charge is 0.230 e. The molecule has 3 heteroatoms. The van der Waals surface area contributed by atoms with Gasteiger partial charge < -0.3 is 10.0 Å². The number of hydrogen-bond donors (Lipinski definition) is 1. The average molecular weight is 374 g/mol. The van der Waals surface area contributed by atoms with Crippen LogP contribution in [0.4, 0.5) is 5.69 Å². The van der Waals surface area contributed by atoms with Crippen LogP contribution >= 0.6 is 0 Å². The molecule has 27 heavy (non-hydrogen) atoms. The predicted octanol–water partition coefficient (Wildman–Crippen LogP) is 5.90. The van der Waals surface area contributed by atoms with Gasteiger partial charge in [-0.1, -0.05) is 32.9 Å². The van der Waals surface area contributed by atoms with E-state index < -0.39 is 5.60 Å². The lowest BCUT2D eigenvalue weighted by molar-refractivity contribution is -0.117. The highest BCUT2D eigenvalue weighted by atomic mass is 16.3. The zero-order valence-electron chi connectivity index (χ0n) is 18.6. The first kappa shape index (κ1) is 25.1. The van der Waals surface area contributed by atoms with Crippen LogP contribution in [-0.4, -0.2) is 23.2 Å². The Kier molecular flexibility index (Phi) is 9.74. The number of nitrogens with zero attached hydrogens (tertiary/aromatic N) is 1. The molecule has 0 aromatic heterocycles. The Hall–Kier alpha value is -1.87. The van der Waals surface area contributed by atoms with E-state index in [4.69, 9.17) is 0 Å². The Morgan fingerprint density at radius 2 is 1.59 bits per heavy atom. The molecule has 0 saturated carbocycles. The van der Waals surface area contributed by atoms with Gasteiger partial charge in [0.15, 0.2) is 0 Å². The van der Waals surface area contributed by atoms with Crippen molar-refractivity contribution in [2.24, 2.45) is 5.41 Å². The third-order valence-electron chi connectivity index (χ3n) is 5.38. The van der Waals surface area contributed by atoms with Crippen LogP contribution in [0.5, 0.6) is 0 Å². The first-order valence-electron chi connectivity index (χ1n) is 9.67. The largest absolute Gasteiger partial charge is 0.390 e. The zero-order chi connectivity index (χ0) is 21.4. The zero-order valence-corrected chi connectivity index (χ0v) is 18.6. The number of rotatable bonds is 7. The molecule has 0 fully saturated rings. The summed E-state index contributed by atoms with van der Waals surface area (Å²) in [6.07, 6.45) is 4.78. The third-order valence-corrected chi connectivity index (χ3v) is 5.38. The van der Waals surface area contributed by atoms with Crippen molar-refractivity contribution in [1.29, 1.82) is 0 Å². The van der Waals surface area contributed by atoms with E-state index in [9.17, 15) is 9.90 Å². The minimum absolute atomic E-state index is 0.120. The number of aliphatic hydroxyl groups is 1. The maximum Gasteiger partial charge on any atom is 0.230 e. The second-order valence-corrected chi connectivity index (χ2v) is 8.23. The maximum absolute atomic E-state index is 12.1. The fraction of sp³-hybridized carbons (Fsp3) is 0.542. The second-order valence-electron chi connectivity index (χ2n) is 8.23. The summed E-state index contributed by atoms with van der Waals surface area (Å²) >= 11 is 0. The minimum Gasteiger partial charge on any atom is -0.390 e. The first-order valence-corrected chi connectivity index (χ1v) is 9.67. The summed E-state index contributed by atoms with van der Waals surface area (Å²) in [5.74, 6) is 0.120. The van der Waals surface area contributed by atoms with Gasteiger partial charge in [0.05, 0.1) is 5.60 Å². The van der Waals surface area contributed by atoms with E-state index in [1.54, 1.807) is 26.0 Å². The molecule has 0 unspecified atom stereocenters. The summed E-state index contributed by atoms with van der Waals surface area (Å²) in [7, 11) is 0. The Labute approximate surface area is 166 Å². The van der Waals surface area contributed by atoms with Crippen LogP contribution in [0.15, 0.2) is 37.4 Å². The normalized spacial score (nSPS) is 11.3. The summed E-state index contributed by atoms with van der Waals surface area (Å²) in [6, 6.07) is 4.19. The van der Waals surface area contributed by atoms with E-state index in [1.807, 2.05) is 18.7 Å². The highest BCUT2D eigenvalue weighted by molar-refractivity contribution is 5.94. The Balaban J connectivity index is 0.000000636. The third kappa shape index (κ3) is 7.34. The van der Waals surface area contributed by atoms with E-state index in [0.717, 1.165) is 18.7 Å². The van der Waals surface area contributed by atoms with E-state index >= 15 is 0 Å². The molecule has 152 valence electrons. The summed E-state index contributed by atoms with van der Waals surface area (Å²) < 4.78 is 0. The molecule has 0 aliphatic rings. The number of amides is 1. The van der Waals surface area contributed by atoms with Crippen molar-refractivity contribution in [2.45, 2.75) is 73.8 Å². The van der Waals surface area contributed by atoms with Crippen molar-refractivity contribution >= 4 is 11.6 Å². The quantitative estimate of drug-likeness (QED) is 0.604. The lowest BCUT2D eigenvalue weighted by atomic mass is 9.78. The Morgan fingerprint density at radius 3 is 1.89 bits per heavy atom. The van der Waals surface area contributed by atoms with Gasteiger partial charge in [-0.3, -0.25) is 4.79 Å². The lowest BCUT2D eigenvalue weighted by Gasteiger charge is -2.34.